The molecule has 1 aliphatic rings. The van der Waals surface area contributed by atoms with Gasteiger partial charge in [-0.3, -0.25) is 0 Å². The molecule has 18 heavy (non-hydrogen) atoms. The minimum absolute atomic E-state index is 0.533. The average Bonchev–Trinajstić information content (AvgIpc) is 3.08. The smallest absolute Gasteiger partial charge is 0.0619 e. The molecule has 0 spiro atoms. The molecule has 96 valence electrons. The van der Waals surface area contributed by atoms with Crippen LogP contribution in [-0.2, 0) is 11.3 Å². The molecule has 1 saturated heterocycles. The Hall–Kier alpha value is -0.680. The van der Waals surface area contributed by atoms with Crippen molar-refractivity contribution in [1.29, 1.82) is 0 Å². The van der Waals surface area contributed by atoms with Crippen molar-refractivity contribution in [2.75, 3.05) is 13.2 Å². The Balaban J connectivity index is 1.57. The molecule has 3 heterocycles. The summed E-state index contributed by atoms with van der Waals surface area (Å²) in [5.74, 6) is 0. The molecule has 1 N–H and O–H groups in total. The first-order valence-corrected chi connectivity index (χ1v) is 8.10. The van der Waals surface area contributed by atoms with Crippen molar-refractivity contribution < 1.29 is 4.74 Å². The molecule has 4 heteroatoms. The minimum atomic E-state index is 0.533. The van der Waals surface area contributed by atoms with Gasteiger partial charge in [0.05, 0.1) is 6.61 Å². The molecule has 1 aliphatic heterocycles. The molecular formula is C14H17NOS2. The van der Waals surface area contributed by atoms with Gasteiger partial charge in [-0.25, -0.2) is 0 Å². The van der Waals surface area contributed by atoms with Gasteiger partial charge in [0.25, 0.3) is 0 Å². The highest BCUT2D eigenvalue weighted by Crippen LogP contribution is 2.29. The van der Waals surface area contributed by atoms with Crippen molar-refractivity contribution in [3.8, 4) is 10.4 Å². The summed E-state index contributed by atoms with van der Waals surface area (Å²) in [6, 6.07) is 7.12. The first-order valence-electron chi connectivity index (χ1n) is 6.34. The molecule has 0 saturated carbocycles. The third-order valence-electron chi connectivity index (χ3n) is 3.18. The highest BCUT2D eigenvalue weighted by Gasteiger charge is 2.13. The first kappa shape index (κ1) is 12.4. The van der Waals surface area contributed by atoms with E-state index in [0.29, 0.717) is 6.04 Å². The van der Waals surface area contributed by atoms with E-state index in [0.717, 1.165) is 19.8 Å². The molecule has 3 rings (SSSR count). The number of nitrogens with one attached hydrogen (secondary N) is 1. The fourth-order valence-corrected chi connectivity index (χ4v) is 3.82. The van der Waals surface area contributed by atoms with Crippen molar-refractivity contribution in [2.24, 2.45) is 0 Å². The second-order valence-corrected chi connectivity index (χ2v) is 6.52. The minimum Gasteiger partial charge on any atom is -0.380 e. The molecular weight excluding hydrogens is 262 g/mol. The van der Waals surface area contributed by atoms with Crippen molar-refractivity contribution in [3.63, 3.8) is 0 Å². The van der Waals surface area contributed by atoms with Crippen LogP contribution in [-0.4, -0.2) is 19.3 Å². The van der Waals surface area contributed by atoms with Gasteiger partial charge in [-0.05, 0) is 35.7 Å². The standard InChI is InChI=1S/C14H17NOS2/c1-3-12(9-16-5-1)15-8-13-7-11(10-18-13)14-4-2-6-17-14/h2,4,6-7,10,12,15H,1,3,5,8-9H2. The van der Waals surface area contributed by atoms with Crippen LogP contribution in [0.4, 0.5) is 0 Å². The van der Waals surface area contributed by atoms with Crippen molar-refractivity contribution in [2.45, 2.75) is 25.4 Å². The predicted octanol–water partition coefficient (Wildman–Crippen LogP) is 3.75. The molecule has 2 aromatic rings. The second kappa shape index (κ2) is 5.97. The average molecular weight is 279 g/mol. The van der Waals surface area contributed by atoms with Gasteiger partial charge in [0.15, 0.2) is 0 Å². The fraction of sp³-hybridized carbons (Fsp3) is 0.429. The number of ether oxygens (including phenoxy) is 1. The number of hydrogen-bond donors (Lipinski definition) is 1. The van der Waals surface area contributed by atoms with Crippen LogP contribution in [0.5, 0.6) is 0 Å². The first-order chi connectivity index (χ1) is 8.92. The number of rotatable bonds is 4. The molecule has 2 nitrogen and oxygen atoms in total. The van der Waals surface area contributed by atoms with Crippen molar-refractivity contribution in [1.82, 2.24) is 5.32 Å². The highest BCUT2D eigenvalue weighted by atomic mass is 32.1. The van der Waals surface area contributed by atoms with E-state index in [4.69, 9.17) is 4.74 Å². The van der Waals surface area contributed by atoms with Crippen LogP contribution >= 0.6 is 22.7 Å². The van der Waals surface area contributed by atoms with Gasteiger partial charge in [-0.2, -0.15) is 0 Å². The molecule has 1 fully saturated rings. The third-order valence-corrected chi connectivity index (χ3v) is 5.04. The summed E-state index contributed by atoms with van der Waals surface area (Å²) < 4.78 is 5.48. The molecule has 0 aliphatic carbocycles. The van der Waals surface area contributed by atoms with Crippen LogP contribution in [0.3, 0.4) is 0 Å². The maximum Gasteiger partial charge on any atom is 0.0619 e. The monoisotopic (exact) mass is 279 g/mol. The molecule has 0 aromatic carbocycles. The van der Waals surface area contributed by atoms with Crippen LogP contribution in [0.15, 0.2) is 29.0 Å². The summed E-state index contributed by atoms with van der Waals surface area (Å²) in [4.78, 5) is 2.77. The molecule has 1 unspecified atom stereocenters. The summed E-state index contributed by atoms with van der Waals surface area (Å²) in [5, 5.41) is 7.96. The lowest BCUT2D eigenvalue weighted by molar-refractivity contribution is 0.0700. The van der Waals surface area contributed by atoms with E-state index in [2.05, 4.69) is 34.3 Å². The lowest BCUT2D eigenvalue weighted by Gasteiger charge is -2.22. The zero-order valence-corrected chi connectivity index (χ0v) is 11.9. The molecule has 0 bridgehead atoms. The van der Waals surface area contributed by atoms with Crippen molar-refractivity contribution >= 4 is 22.7 Å². The molecule has 1 atom stereocenters. The van der Waals surface area contributed by atoms with Gasteiger partial charge in [0.1, 0.15) is 0 Å². The fourth-order valence-electron chi connectivity index (χ4n) is 2.19. The predicted molar refractivity (Wildman–Crippen MR) is 78.3 cm³/mol. The summed E-state index contributed by atoms with van der Waals surface area (Å²) in [7, 11) is 0. The van der Waals surface area contributed by atoms with Crippen LogP contribution in [0.1, 0.15) is 17.7 Å². The largest absolute Gasteiger partial charge is 0.380 e. The Bertz CT molecular complexity index is 472. The quantitative estimate of drug-likeness (QED) is 0.920. The SMILES string of the molecule is c1csc(-c2csc(CNC3CCCOC3)c2)c1. The van der Waals surface area contributed by atoms with Crippen LogP contribution < -0.4 is 5.32 Å². The zero-order valence-electron chi connectivity index (χ0n) is 10.2. The summed E-state index contributed by atoms with van der Waals surface area (Å²) >= 11 is 3.64. The van der Waals surface area contributed by atoms with Gasteiger partial charge in [0.2, 0.25) is 0 Å². The van der Waals surface area contributed by atoms with E-state index in [9.17, 15) is 0 Å². The Labute approximate surface area is 116 Å². The van der Waals surface area contributed by atoms with E-state index < -0.39 is 0 Å². The highest BCUT2D eigenvalue weighted by molar-refractivity contribution is 7.14. The van der Waals surface area contributed by atoms with Crippen LogP contribution in [0, 0.1) is 0 Å². The van der Waals surface area contributed by atoms with Crippen molar-refractivity contribution in [3.05, 3.63) is 33.8 Å². The summed E-state index contributed by atoms with van der Waals surface area (Å²) in [6.07, 6.45) is 2.42. The number of hydrogen-bond acceptors (Lipinski definition) is 4. The zero-order chi connectivity index (χ0) is 12.2. The molecule has 0 radical (unpaired) electrons. The molecule has 0 amide bonds. The van der Waals surface area contributed by atoms with Gasteiger partial charge in [-0.1, -0.05) is 6.07 Å². The third kappa shape index (κ3) is 3.01. The van der Waals surface area contributed by atoms with Gasteiger partial charge < -0.3 is 10.1 Å². The molecule has 2 aromatic heterocycles. The van der Waals surface area contributed by atoms with E-state index in [1.165, 1.54) is 28.2 Å². The van der Waals surface area contributed by atoms with Gasteiger partial charge >= 0.3 is 0 Å². The second-order valence-electron chi connectivity index (χ2n) is 4.57. The Morgan fingerprint density at radius 3 is 3.17 bits per heavy atom. The summed E-state index contributed by atoms with van der Waals surface area (Å²) in [6.45, 7) is 2.76. The number of thiophene rings is 2. The van der Waals surface area contributed by atoms with E-state index in [-0.39, 0.29) is 0 Å². The Kier molecular flexibility index (Phi) is 4.10. The lowest BCUT2D eigenvalue weighted by Crippen LogP contribution is -2.36. The van der Waals surface area contributed by atoms with Crippen LogP contribution in [0.2, 0.25) is 0 Å². The van der Waals surface area contributed by atoms with Crippen LogP contribution in [0.25, 0.3) is 10.4 Å². The van der Waals surface area contributed by atoms with E-state index in [1.807, 2.05) is 11.3 Å². The van der Waals surface area contributed by atoms with E-state index >= 15 is 0 Å². The van der Waals surface area contributed by atoms with Gasteiger partial charge in [-0.15, -0.1) is 22.7 Å². The van der Waals surface area contributed by atoms with Gasteiger partial charge in [0, 0.05) is 34.5 Å². The lowest BCUT2D eigenvalue weighted by atomic mass is 10.1. The normalized spacial score (nSPS) is 20.1. The van der Waals surface area contributed by atoms with E-state index in [1.54, 1.807) is 11.3 Å². The Morgan fingerprint density at radius 2 is 2.39 bits per heavy atom. The maximum atomic E-state index is 5.48. The summed E-state index contributed by atoms with van der Waals surface area (Å²) in [5.41, 5.74) is 1.35. The maximum absolute atomic E-state index is 5.48. The Morgan fingerprint density at radius 1 is 1.39 bits per heavy atom. The topological polar surface area (TPSA) is 21.3 Å².